The molecule has 0 N–H and O–H groups in total. The van der Waals surface area contributed by atoms with Crippen molar-refractivity contribution in [3.8, 4) is 0 Å². The standard InChI is InChI=1S/C27H28N6O3/c1-19-26(33(35)36)20(2)32(29-19)17-21-8-10-23(11-9-21)27(34)31-15-13-30(14-16-31)18-24-6-3-5-22-7-4-12-28-25(22)24/h3-12H,13-18H2,1-2H3. The molecule has 1 aliphatic heterocycles. The van der Waals surface area contributed by atoms with Crippen LogP contribution in [0.15, 0.2) is 60.8 Å². The van der Waals surface area contributed by atoms with E-state index in [4.69, 9.17) is 0 Å². The third-order valence-electron chi connectivity index (χ3n) is 6.83. The number of carbonyl (C=O) groups excluding carboxylic acids is 1. The summed E-state index contributed by atoms with van der Waals surface area (Å²) in [6, 6.07) is 17.7. The molecule has 5 rings (SSSR count). The van der Waals surface area contributed by atoms with Gasteiger partial charge in [-0.1, -0.05) is 36.4 Å². The van der Waals surface area contributed by atoms with Crippen LogP contribution in [0.5, 0.6) is 0 Å². The zero-order valence-electron chi connectivity index (χ0n) is 20.4. The van der Waals surface area contributed by atoms with E-state index < -0.39 is 4.92 Å². The molecule has 9 nitrogen and oxygen atoms in total. The fourth-order valence-corrected chi connectivity index (χ4v) is 4.86. The van der Waals surface area contributed by atoms with Gasteiger partial charge in [0.25, 0.3) is 5.91 Å². The Labute approximate surface area is 209 Å². The third kappa shape index (κ3) is 4.70. The molecule has 1 aliphatic rings. The van der Waals surface area contributed by atoms with Gasteiger partial charge >= 0.3 is 5.69 Å². The number of aromatic nitrogens is 3. The maximum absolute atomic E-state index is 13.1. The molecule has 1 amide bonds. The number of fused-ring (bicyclic) bond motifs is 1. The molecule has 3 heterocycles. The maximum Gasteiger partial charge on any atom is 0.312 e. The van der Waals surface area contributed by atoms with Crippen molar-refractivity contribution in [2.45, 2.75) is 26.9 Å². The lowest BCUT2D eigenvalue weighted by atomic mass is 10.1. The number of hydrogen-bond acceptors (Lipinski definition) is 6. The first kappa shape index (κ1) is 23.6. The van der Waals surface area contributed by atoms with Crippen molar-refractivity contribution in [1.82, 2.24) is 24.6 Å². The largest absolute Gasteiger partial charge is 0.336 e. The molecule has 0 radical (unpaired) electrons. The number of aryl methyl sites for hydroxylation is 1. The highest BCUT2D eigenvalue weighted by atomic mass is 16.6. The quantitative estimate of drug-likeness (QED) is 0.304. The van der Waals surface area contributed by atoms with Crippen LogP contribution in [0.4, 0.5) is 5.69 Å². The molecule has 2 aromatic heterocycles. The zero-order valence-corrected chi connectivity index (χ0v) is 20.4. The highest BCUT2D eigenvalue weighted by Crippen LogP contribution is 2.23. The summed E-state index contributed by atoms with van der Waals surface area (Å²) in [7, 11) is 0. The molecule has 0 saturated carbocycles. The SMILES string of the molecule is Cc1nn(Cc2ccc(C(=O)N3CCN(Cc4cccc5cccnc45)CC3)cc2)c(C)c1[N+](=O)[O-]. The Hall–Kier alpha value is -4.11. The van der Waals surface area contributed by atoms with Gasteiger partial charge in [-0.05, 0) is 43.2 Å². The Kier molecular flexibility index (Phi) is 6.47. The molecule has 184 valence electrons. The fraction of sp³-hybridized carbons (Fsp3) is 0.296. The minimum Gasteiger partial charge on any atom is -0.336 e. The summed E-state index contributed by atoms with van der Waals surface area (Å²) in [6.07, 6.45) is 1.83. The predicted molar refractivity (Wildman–Crippen MR) is 137 cm³/mol. The van der Waals surface area contributed by atoms with Gasteiger partial charge in [0.2, 0.25) is 0 Å². The summed E-state index contributed by atoms with van der Waals surface area (Å²) in [5, 5.41) is 16.7. The molecule has 0 aliphatic carbocycles. The van der Waals surface area contributed by atoms with Crippen LogP contribution in [0, 0.1) is 24.0 Å². The summed E-state index contributed by atoms with van der Waals surface area (Å²) in [4.78, 5) is 32.8. The van der Waals surface area contributed by atoms with Crippen molar-refractivity contribution in [2.75, 3.05) is 26.2 Å². The number of carbonyl (C=O) groups is 1. The molecule has 1 fully saturated rings. The molecule has 0 atom stereocenters. The number of benzene rings is 2. The molecule has 0 spiro atoms. The fourth-order valence-electron chi connectivity index (χ4n) is 4.86. The van der Waals surface area contributed by atoms with Gasteiger partial charge in [0, 0.05) is 49.9 Å². The molecule has 0 unspecified atom stereocenters. The first-order valence-electron chi connectivity index (χ1n) is 12.0. The number of pyridine rings is 1. The average molecular weight is 485 g/mol. The lowest BCUT2D eigenvalue weighted by molar-refractivity contribution is -0.386. The van der Waals surface area contributed by atoms with Crippen molar-refractivity contribution in [2.24, 2.45) is 0 Å². The number of nitro groups is 1. The molecule has 9 heteroatoms. The van der Waals surface area contributed by atoms with E-state index in [1.807, 2.05) is 41.4 Å². The Morgan fingerprint density at radius 3 is 2.39 bits per heavy atom. The van der Waals surface area contributed by atoms with Crippen molar-refractivity contribution < 1.29 is 9.72 Å². The van der Waals surface area contributed by atoms with E-state index in [9.17, 15) is 14.9 Å². The van der Waals surface area contributed by atoms with Crippen LogP contribution >= 0.6 is 0 Å². The van der Waals surface area contributed by atoms with E-state index in [2.05, 4.69) is 39.2 Å². The molecule has 36 heavy (non-hydrogen) atoms. The second-order valence-corrected chi connectivity index (χ2v) is 9.19. The average Bonchev–Trinajstić information content (AvgIpc) is 3.17. The molecule has 1 saturated heterocycles. The van der Waals surface area contributed by atoms with Gasteiger partial charge in [-0.2, -0.15) is 5.10 Å². The maximum atomic E-state index is 13.1. The Bertz CT molecular complexity index is 1420. The molecular formula is C27H28N6O3. The second-order valence-electron chi connectivity index (χ2n) is 9.19. The minimum atomic E-state index is -0.394. The normalized spacial score (nSPS) is 14.3. The lowest BCUT2D eigenvalue weighted by Crippen LogP contribution is -2.48. The van der Waals surface area contributed by atoms with Crippen LogP contribution in [0.3, 0.4) is 0 Å². The number of piperazine rings is 1. The van der Waals surface area contributed by atoms with E-state index in [1.54, 1.807) is 18.5 Å². The predicted octanol–water partition coefficient (Wildman–Crippen LogP) is 3.96. The van der Waals surface area contributed by atoms with Gasteiger partial charge in [-0.25, -0.2) is 0 Å². The molecule has 2 aromatic carbocycles. The summed E-state index contributed by atoms with van der Waals surface area (Å²) in [6.45, 7) is 7.54. The first-order chi connectivity index (χ1) is 17.4. The van der Waals surface area contributed by atoms with Crippen LogP contribution in [0.2, 0.25) is 0 Å². The van der Waals surface area contributed by atoms with Crippen molar-refractivity contribution >= 4 is 22.5 Å². The van der Waals surface area contributed by atoms with Gasteiger partial charge in [0.1, 0.15) is 11.4 Å². The second kappa shape index (κ2) is 9.87. The number of rotatable bonds is 6. The van der Waals surface area contributed by atoms with E-state index in [1.165, 1.54) is 5.56 Å². The zero-order chi connectivity index (χ0) is 25.2. The van der Waals surface area contributed by atoms with Crippen LogP contribution in [0.25, 0.3) is 10.9 Å². The Balaban J connectivity index is 1.19. The van der Waals surface area contributed by atoms with E-state index in [0.717, 1.165) is 36.1 Å². The van der Waals surface area contributed by atoms with E-state index in [0.29, 0.717) is 36.6 Å². The lowest BCUT2D eigenvalue weighted by Gasteiger charge is -2.35. The van der Waals surface area contributed by atoms with Crippen molar-refractivity contribution in [3.63, 3.8) is 0 Å². The van der Waals surface area contributed by atoms with Crippen molar-refractivity contribution in [3.05, 3.63) is 99.0 Å². The smallest absolute Gasteiger partial charge is 0.312 e. The van der Waals surface area contributed by atoms with Crippen molar-refractivity contribution in [1.29, 1.82) is 0 Å². The number of hydrogen-bond donors (Lipinski definition) is 0. The summed E-state index contributed by atoms with van der Waals surface area (Å²) >= 11 is 0. The van der Waals surface area contributed by atoms with Gasteiger partial charge < -0.3 is 4.90 Å². The molecule has 4 aromatic rings. The molecule has 0 bridgehead atoms. The first-order valence-corrected chi connectivity index (χ1v) is 12.0. The topological polar surface area (TPSA) is 97.4 Å². The van der Waals surface area contributed by atoms with E-state index >= 15 is 0 Å². The summed E-state index contributed by atoms with van der Waals surface area (Å²) in [5.41, 5.74) is 4.79. The van der Waals surface area contributed by atoms with Gasteiger partial charge in [-0.3, -0.25) is 29.5 Å². The van der Waals surface area contributed by atoms with Crippen LogP contribution in [-0.2, 0) is 13.1 Å². The summed E-state index contributed by atoms with van der Waals surface area (Å²) in [5.74, 6) is 0.0229. The van der Waals surface area contributed by atoms with Crippen LogP contribution in [-0.4, -0.2) is 61.6 Å². The molecular weight excluding hydrogens is 456 g/mol. The number of nitrogens with zero attached hydrogens (tertiary/aromatic N) is 6. The van der Waals surface area contributed by atoms with Gasteiger partial charge in [0.05, 0.1) is 17.0 Å². The third-order valence-corrected chi connectivity index (χ3v) is 6.83. The minimum absolute atomic E-state index is 0.0229. The number of para-hydroxylation sites is 1. The highest BCUT2D eigenvalue weighted by Gasteiger charge is 2.24. The van der Waals surface area contributed by atoms with E-state index in [-0.39, 0.29) is 11.6 Å². The number of amides is 1. The Morgan fingerprint density at radius 1 is 0.972 bits per heavy atom. The van der Waals surface area contributed by atoms with Crippen LogP contribution in [0.1, 0.15) is 32.9 Å². The highest BCUT2D eigenvalue weighted by molar-refractivity contribution is 5.94. The summed E-state index contributed by atoms with van der Waals surface area (Å²) < 4.78 is 1.63. The van der Waals surface area contributed by atoms with Gasteiger partial charge in [0.15, 0.2) is 0 Å². The monoisotopic (exact) mass is 484 g/mol. The van der Waals surface area contributed by atoms with Gasteiger partial charge in [-0.15, -0.1) is 0 Å². The van der Waals surface area contributed by atoms with Crippen LogP contribution < -0.4 is 0 Å². The Morgan fingerprint density at radius 2 is 1.69 bits per heavy atom.